The topological polar surface area (TPSA) is 86.8 Å². The second-order valence-electron chi connectivity index (χ2n) is 7.57. The van der Waals surface area contributed by atoms with E-state index < -0.39 is 5.91 Å². The molecule has 162 valence electrons. The Labute approximate surface area is 181 Å². The quantitative estimate of drug-likeness (QED) is 0.281. The van der Waals surface area contributed by atoms with E-state index in [0.717, 1.165) is 30.6 Å². The predicted molar refractivity (Wildman–Crippen MR) is 118 cm³/mol. The maximum Gasteiger partial charge on any atom is 0.267 e. The summed E-state index contributed by atoms with van der Waals surface area (Å²) in [4.78, 5) is 16.8. The van der Waals surface area contributed by atoms with Gasteiger partial charge in [-0.05, 0) is 35.3 Å². The SMILES string of the molecule is O=C(/C=C/c1ccc(CN(CCc2c[nH]c3ccccc23)CC2OCCO2)cc1)NO. The van der Waals surface area contributed by atoms with Crippen LogP contribution < -0.4 is 5.48 Å². The number of hydroxylamine groups is 1. The number of aromatic amines is 1. The molecule has 3 N–H and O–H groups in total. The lowest BCUT2D eigenvalue weighted by molar-refractivity contribution is -0.124. The molecule has 7 nitrogen and oxygen atoms in total. The van der Waals surface area contributed by atoms with Crippen LogP contribution in [0.15, 0.2) is 60.8 Å². The van der Waals surface area contributed by atoms with Gasteiger partial charge in [0.2, 0.25) is 0 Å². The molecule has 0 radical (unpaired) electrons. The minimum absolute atomic E-state index is 0.192. The van der Waals surface area contributed by atoms with Crippen molar-refractivity contribution in [2.75, 3.05) is 26.3 Å². The van der Waals surface area contributed by atoms with Crippen molar-refractivity contribution in [2.24, 2.45) is 0 Å². The third-order valence-corrected chi connectivity index (χ3v) is 5.39. The van der Waals surface area contributed by atoms with Gasteiger partial charge < -0.3 is 14.5 Å². The Hall–Kier alpha value is -2.97. The first-order chi connectivity index (χ1) is 15.2. The summed E-state index contributed by atoms with van der Waals surface area (Å²) in [5.41, 5.74) is 6.10. The highest BCUT2D eigenvalue weighted by molar-refractivity contribution is 5.90. The number of para-hydroxylation sites is 1. The minimum atomic E-state index is -0.552. The van der Waals surface area contributed by atoms with Crippen LogP contribution in [0.25, 0.3) is 17.0 Å². The van der Waals surface area contributed by atoms with Crippen molar-refractivity contribution in [3.63, 3.8) is 0 Å². The molecule has 0 atom stereocenters. The second-order valence-corrected chi connectivity index (χ2v) is 7.57. The monoisotopic (exact) mass is 421 g/mol. The molecule has 3 aromatic rings. The van der Waals surface area contributed by atoms with Crippen molar-refractivity contribution < 1.29 is 19.5 Å². The number of nitrogens with one attached hydrogen (secondary N) is 2. The van der Waals surface area contributed by atoms with Crippen LogP contribution in [0.4, 0.5) is 0 Å². The fourth-order valence-electron chi connectivity index (χ4n) is 3.78. The second kappa shape index (κ2) is 10.4. The van der Waals surface area contributed by atoms with Crippen LogP contribution in [0.5, 0.6) is 0 Å². The van der Waals surface area contributed by atoms with Crippen molar-refractivity contribution in [1.82, 2.24) is 15.4 Å². The number of carbonyl (C=O) groups is 1. The van der Waals surface area contributed by atoms with E-state index in [1.807, 2.05) is 30.3 Å². The highest BCUT2D eigenvalue weighted by Crippen LogP contribution is 2.19. The fraction of sp³-hybridized carbons (Fsp3) is 0.292. The van der Waals surface area contributed by atoms with Crippen molar-refractivity contribution in [3.05, 3.63) is 77.5 Å². The minimum Gasteiger partial charge on any atom is -0.361 e. The summed E-state index contributed by atoms with van der Waals surface area (Å²) in [6, 6.07) is 16.4. The lowest BCUT2D eigenvalue weighted by atomic mass is 10.1. The summed E-state index contributed by atoms with van der Waals surface area (Å²) < 4.78 is 11.4. The third-order valence-electron chi connectivity index (χ3n) is 5.39. The Morgan fingerprint density at radius 2 is 1.94 bits per heavy atom. The van der Waals surface area contributed by atoms with Gasteiger partial charge in [-0.1, -0.05) is 42.5 Å². The molecule has 1 aliphatic rings. The number of benzene rings is 2. The Bertz CT molecular complexity index is 1020. The van der Waals surface area contributed by atoms with Crippen molar-refractivity contribution in [2.45, 2.75) is 19.3 Å². The standard InChI is InChI=1S/C24H27N3O4/c28-23(26-29)10-9-18-5-7-19(8-6-18)16-27(17-24-30-13-14-31-24)12-11-20-15-25-22-4-2-1-3-21(20)22/h1-10,15,24-25,29H,11-14,16-17H2,(H,26,28)/b10-9+. The third kappa shape index (κ3) is 5.80. The zero-order valence-electron chi connectivity index (χ0n) is 17.3. The Morgan fingerprint density at radius 1 is 1.16 bits per heavy atom. The molecule has 0 aliphatic carbocycles. The molecule has 0 spiro atoms. The van der Waals surface area contributed by atoms with Gasteiger partial charge in [0.05, 0.1) is 13.2 Å². The summed E-state index contributed by atoms with van der Waals surface area (Å²) >= 11 is 0. The van der Waals surface area contributed by atoms with Crippen LogP contribution in [-0.2, 0) is 27.2 Å². The van der Waals surface area contributed by atoms with Crippen LogP contribution in [0.1, 0.15) is 16.7 Å². The van der Waals surface area contributed by atoms with Gasteiger partial charge in [0.1, 0.15) is 0 Å². The Balaban J connectivity index is 1.42. The number of ether oxygens (including phenoxy) is 2. The van der Waals surface area contributed by atoms with Crippen LogP contribution in [0, 0.1) is 0 Å². The molecule has 4 rings (SSSR count). The largest absolute Gasteiger partial charge is 0.361 e. The fourth-order valence-corrected chi connectivity index (χ4v) is 3.78. The molecule has 7 heteroatoms. The van der Waals surface area contributed by atoms with Crippen molar-refractivity contribution in [3.8, 4) is 0 Å². The van der Waals surface area contributed by atoms with Gasteiger partial charge in [-0.2, -0.15) is 0 Å². The number of carbonyl (C=O) groups excluding carboxylic acids is 1. The molecule has 1 amide bonds. The van der Waals surface area contributed by atoms with E-state index in [1.165, 1.54) is 22.6 Å². The first kappa shape index (κ1) is 21.3. The Morgan fingerprint density at radius 3 is 2.71 bits per heavy atom. The predicted octanol–water partition coefficient (Wildman–Crippen LogP) is 3.10. The van der Waals surface area contributed by atoms with Crippen molar-refractivity contribution >= 4 is 22.9 Å². The summed E-state index contributed by atoms with van der Waals surface area (Å²) in [7, 11) is 0. The Kier molecular flexibility index (Phi) is 7.11. The highest BCUT2D eigenvalue weighted by Gasteiger charge is 2.20. The first-order valence-corrected chi connectivity index (χ1v) is 10.4. The van der Waals surface area contributed by atoms with Gasteiger partial charge in [-0.15, -0.1) is 0 Å². The van der Waals surface area contributed by atoms with Gasteiger partial charge >= 0.3 is 0 Å². The lowest BCUT2D eigenvalue weighted by Gasteiger charge is -2.25. The van der Waals surface area contributed by atoms with Crippen LogP contribution in [-0.4, -0.2) is 53.6 Å². The number of hydrogen-bond donors (Lipinski definition) is 3. The molecule has 1 fully saturated rings. The number of H-pyrrole nitrogens is 1. The number of aromatic nitrogens is 1. The molecule has 31 heavy (non-hydrogen) atoms. The molecule has 1 saturated heterocycles. The van der Waals surface area contributed by atoms with E-state index in [1.54, 1.807) is 11.6 Å². The van der Waals surface area contributed by atoms with E-state index in [4.69, 9.17) is 14.7 Å². The molecule has 0 saturated carbocycles. The van der Waals surface area contributed by atoms with Gasteiger partial charge in [0.25, 0.3) is 5.91 Å². The number of nitrogens with zero attached hydrogens (tertiary/aromatic N) is 1. The van der Waals surface area contributed by atoms with Gasteiger partial charge in [0, 0.05) is 42.8 Å². The summed E-state index contributed by atoms with van der Waals surface area (Å²) in [5, 5.41) is 9.83. The number of fused-ring (bicyclic) bond motifs is 1. The van der Waals surface area contributed by atoms with Gasteiger partial charge in [-0.3, -0.25) is 14.9 Å². The van der Waals surface area contributed by atoms with E-state index >= 15 is 0 Å². The normalized spacial score (nSPS) is 14.8. The van der Waals surface area contributed by atoms with Gasteiger partial charge in [0.15, 0.2) is 6.29 Å². The van der Waals surface area contributed by atoms with E-state index in [0.29, 0.717) is 19.8 Å². The number of amides is 1. The van der Waals surface area contributed by atoms with E-state index in [9.17, 15) is 4.79 Å². The van der Waals surface area contributed by atoms with Crippen LogP contribution in [0.3, 0.4) is 0 Å². The molecule has 2 heterocycles. The van der Waals surface area contributed by atoms with Crippen molar-refractivity contribution in [1.29, 1.82) is 0 Å². The average Bonchev–Trinajstić information content (AvgIpc) is 3.46. The molecule has 1 aliphatic heterocycles. The smallest absolute Gasteiger partial charge is 0.267 e. The van der Waals surface area contributed by atoms with Gasteiger partial charge in [-0.25, -0.2) is 5.48 Å². The molecule has 0 unspecified atom stereocenters. The zero-order valence-corrected chi connectivity index (χ0v) is 17.3. The zero-order chi connectivity index (χ0) is 21.5. The van der Waals surface area contributed by atoms with E-state index in [-0.39, 0.29) is 6.29 Å². The lowest BCUT2D eigenvalue weighted by Crippen LogP contribution is -2.34. The average molecular weight is 421 g/mol. The van der Waals surface area contributed by atoms with Crippen LogP contribution in [0.2, 0.25) is 0 Å². The highest BCUT2D eigenvalue weighted by atomic mass is 16.7. The molecular formula is C24H27N3O4. The first-order valence-electron chi connectivity index (χ1n) is 10.4. The molecular weight excluding hydrogens is 394 g/mol. The maximum atomic E-state index is 11.1. The number of rotatable bonds is 9. The summed E-state index contributed by atoms with van der Waals surface area (Å²) in [6.07, 6.45) is 5.77. The number of hydrogen-bond acceptors (Lipinski definition) is 5. The molecule has 2 aromatic carbocycles. The summed E-state index contributed by atoms with van der Waals surface area (Å²) in [5.74, 6) is -0.552. The van der Waals surface area contributed by atoms with E-state index in [2.05, 4.69) is 34.3 Å². The summed E-state index contributed by atoms with van der Waals surface area (Å²) in [6.45, 7) is 3.64. The maximum absolute atomic E-state index is 11.1. The van der Waals surface area contributed by atoms with Crippen LogP contribution >= 0.6 is 0 Å². The molecule has 1 aromatic heterocycles. The molecule has 0 bridgehead atoms.